The Hall–Kier alpha value is -1.56. The second-order valence-electron chi connectivity index (χ2n) is 4.14. The van der Waals surface area contributed by atoms with Crippen LogP contribution in [-0.2, 0) is 28.7 Å². The number of hydrogen-bond donors (Lipinski definition) is 1. The van der Waals surface area contributed by atoms with Crippen molar-refractivity contribution >= 4 is 5.97 Å². The second-order valence-corrected chi connectivity index (χ2v) is 4.14. The van der Waals surface area contributed by atoms with Gasteiger partial charge in [0.1, 0.15) is 6.04 Å². The van der Waals surface area contributed by atoms with Gasteiger partial charge in [-0.3, -0.25) is 4.79 Å². The lowest BCUT2D eigenvalue weighted by atomic mass is 9.94. The van der Waals surface area contributed by atoms with Crippen LogP contribution in [0.4, 0.5) is 13.2 Å². The van der Waals surface area contributed by atoms with E-state index in [0.29, 0.717) is 12.0 Å². The maximum atomic E-state index is 12.5. The van der Waals surface area contributed by atoms with E-state index in [0.717, 1.165) is 17.7 Å². The number of benzene rings is 1. The number of nitrogens with one attached hydrogen (secondary N) is 1. The highest BCUT2D eigenvalue weighted by molar-refractivity contribution is 5.76. The largest absolute Gasteiger partial charge is 0.468 e. The fraction of sp³-hybridized carbons (Fsp3) is 0.417. The summed E-state index contributed by atoms with van der Waals surface area (Å²) < 4.78 is 42.2. The van der Waals surface area contributed by atoms with Crippen molar-refractivity contribution in [2.75, 3.05) is 7.11 Å². The Bertz CT molecular complexity index is 471. The summed E-state index contributed by atoms with van der Waals surface area (Å²) in [4.78, 5) is 11.3. The molecule has 98 valence electrons. The summed E-state index contributed by atoms with van der Waals surface area (Å²) in [5, 5.41) is 2.86. The van der Waals surface area contributed by atoms with Crippen LogP contribution in [0, 0.1) is 0 Å². The molecule has 1 aliphatic rings. The summed E-state index contributed by atoms with van der Waals surface area (Å²) in [6.07, 6.45) is -3.99. The molecule has 1 heterocycles. The lowest BCUT2D eigenvalue weighted by Crippen LogP contribution is -2.42. The van der Waals surface area contributed by atoms with E-state index in [2.05, 4.69) is 10.1 Å². The number of esters is 1. The van der Waals surface area contributed by atoms with Crippen molar-refractivity contribution in [1.29, 1.82) is 0 Å². The number of carbonyl (C=O) groups is 1. The smallest absolute Gasteiger partial charge is 0.416 e. The van der Waals surface area contributed by atoms with Gasteiger partial charge in [0.15, 0.2) is 0 Å². The quantitative estimate of drug-likeness (QED) is 0.783. The van der Waals surface area contributed by atoms with E-state index < -0.39 is 23.8 Å². The summed E-state index contributed by atoms with van der Waals surface area (Å²) in [7, 11) is 1.28. The normalized spacial score (nSPS) is 19.2. The van der Waals surface area contributed by atoms with Gasteiger partial charge >= 0.3 is 12.1 Å². The Morgan fingerprint density at radius 3 is 2.72 bits per heavy atom. The molecule has 1 aliphatic heterocycles. The number of ether oxygens (including phenoxy) is 1. The number of fused-ring (bicyclic) bond motifs is 1. The maximum absolute atomic E-state index is 12.5. The Labute approximate surface area is 102 Å². The van der Waals surface area contributed by atoms with Crippen molar-refractivity contribution in [2.24, 2.45) is 0 Å². The van der Waals surface area contributed by atoms with Crippen LogP contribution in [0.5, 0.6) is 0 Å². The van der Waals surface area contributed by atoms with E-state index in [-0.39, 0.29) is 6.54 Å². The average molecular weight is 259 g/mol. The Morgan fingerprint density at radius 2 is 2.11 bits per heavy atom. The maximum Gasteiger partial charge on any atom is 0.416 e. The highest BCUT2D eigenvalue weighted by Gasteiger charge is 2.32. The van der Waals surface area contributed by atoms with Crippen LogP contribution in [0.25, 0.3) is 0 Å². The van der Waals surface area contributed by atoms with Gasteiger partial charge < -0.3 is 10.1 Å². The van der Waals surface area contributed by atoms with Crippen molar-refractivity contribution < 1.29 is 22.7 Å². The van der Waals surface area contributed by atoms with Gasteiger partial charge in [-0.05, 0) is 29.7 Å². The van der Waals surface area contributed by atoms with Gasteiger partial charge in [-0.25, -0.2) is 0 Å². The van der Waals surface area contributed by atoms with Gasteiger partial charge in [-0.2, -0.15) is 13.2 Å². The molecule has 1 unspecified atom stereocenters. The number of methoxy groups -OCH3 is 1. The minimum absolute atomic E-state index is 0.235. The minimum atomic E-state index is -4.34. The lowest BCUT2D eigenvalue weighted by molar-refractivity contribution is -0.143. The fourth-order valence-electron chi connectivity index (χ4n) is 2.00. The van der Waals surface area contributed by atoms with Crippen LogP contribution >= 0.6 is 0 Å². The standard InChI is InChI=1S/C12H12F3NO2/c1-18-11(17)10-5-7-2-3-9(12(13,14)15)4-8(7)6-16-10/h2-4,10,16H,5-6H2,1H3. The average Bonchev–Trinajstić information content (AvgIpc) is 2.35. The van der Waals surface area contributed by atoms with E-state index in [1.54, 1.807) is 0 Å². The topological polar surface area (TPSA) is 38.3 Å². The first-order valence-corrected chi connectivity index (χ1v) is 5.42. The molecule has 0 bridgehead atoms. The summed E-state index contributed by atoms with van der Waals surface area (Å²) in [5.74, 6) is -0.402. The third-order valence-electron chi connectivity index (χ3n) is 2.98. The molecule has 0 fully saturated rings. The number of rotatable bonds is 1. The lowest BCUT2D eigenvalue weighted by Gasteiger charge is -2.25. The predicted molar refractivity (Wildman–Crippen MR) is 57.8 cm³/mol. The SMILES string of the molecule is COC(=O)C1Cc2ccc(C(F)(F)F)cc2CN1. The molecule has 3 nitrogen and oxygen atoms in total. The molecule has 1 N–H and O–H groups in total. The minimum Gasteiger partial charge on any atom is -0.468 e. The number of hydrogen-bond acceptors (Lipinski definition) is 3. The summed E-state index contributed by atoms with van der Waals surface area (Å²) in [6.45, 7) is 0.235. The number of alkyl halides is 3. The van der Waals surface area contributed by atoms with E-state index in [9.17, 15) is 18.0 Å². The fourth-order valence-corrected chi connectivity index (χ4v) is 2.00. The van der Waals surface area contributed by atoms with Crippen molar-refractivity contribution in [3.05, 3.63) is 34.9 Å². The second kappa shape index (κ2) is 4.61. The number of carbonyl (C=O) groups excluding carboxylic acids is 1. The Kier molecular flexibility index (Phi) is 3.30. The molecule has 0 spiro atoms. The van der Waals surface area contributed by atoms with Crippen molar-refractivity contribution in [3.8, 4) is 0 Å². The molecule has 18 heavy (non-hydrogen) atoms. The third-order valence-corrected chi connectivity index (χ3v) is 2.98. The zero-order valence-corrected chi connectivity index (χ0v) is 9.67. The third kappa shape index (κ3) is 2.48. The van der Waals surface area contributed by atoms with Gasteiger partial charge in [-0.15, -0.1) is 0 Å². The molecule has 2 rings (SSSR count). The van der Waals surface area contributed by atoms with Crippen LogP contribution in [0.3, 0.4) is 0 Å². The highest BCUT2D eigenvalue weighted by atomic mass is 19.4. The molecule has 0 saturated heterocycles. The van der Waals surface area contributed by atoms with Crippen molar-refractivity contribution in [2.45, 2.75) is 25.2 Å². The Morgan fingerprint density at radius 1 is 1.39 bits per heavy atom. The van der Waals surface area contributed by atoms with E-state index >= 15 is 0 Å². The van der Waals surface area contributed by atoms with Crippen LogP contribution in [0.15, 0.2) is 18.2 Å². The summed E-state index contributed by atoms with van der Waals surface area (Å²) in [5.41, 5.74) is 0.654. The van der Waals surface area contributed by atoms with Gasteiger partial charge in [-0.1, -0.05) is 6.07 Å². The molecule has 0 saturated carbocycles. The van der Waals surface area contributed by atoms with Crippen molar-refractivity contribution in [3.63, 3.8) is 0 Å². The van der Waals surface area contributed by atoms with Gasteiger partial charge in [0.25, 0.3) is 0 Å². The van der Waals surface area contributed by atoms with Crippen LogP contribution in [0.2, 0.25) is 0 Å². The molecule has 0 amide bonds. The first-order chi connectivity index (χ1) is 8.41. The van der Waals surface area contributed by atoms with E-state index in [4.69, 9.17) is 0 Å². The zero-order chi connectivity index (χ0) is 13.3. The molecular formula is C12H12F3NO2. The molecule has 0 radical (unpaired) electrons. The van der Waals surface area contributed by atoms with Gasteiger partial charge in [0, 0.05) is 6.54 Å². The van der Waals surface area contributed by atoms with Crippen LogP contribution in [-0.4, -0.2) is 19.1 Å². The van der Waals surface area contributed by atoms with E-state index in [1.165, 1.54) is 13.2 Å². The first kappa shape index (κ1) is 12.9. The van der Waals surface area contributed by atoms with Crippen LogP contribution in [0.1, 0.15) is 16.7 Å². The Balaban J connectivity index is 2.24. The monoisotopic (exact) mass is 259 g/mol. The molecule has 1 atom stereocenters. The molecule has 1 aromatic rings. The summed E-state index contributed by atoms with van der Waals surface area (Å²) >= 11 is 0. The van der Waals surface area contributed by atoms with Crippen LogP contribution < -0.4 is 5.32 Å². The summed E-state index contributed by atoms with van der Waals surface area (Å²) in [6, 6.07) is 3.10. The molecular weight excluding hydrogens is 247 g/mol. The predicted octanol–water partition coefficient (Wildman–Crippen LogP) is 1.89. The molecule has 0 aliphatic carbocycles. The number of halogens is 3. The first-order valence-electron chi connectivity index (χ1n) is 5.42. The molecule has 0 aromatic heterocycles. The van der Waals surface area contributed by atoms with Crippen molar-refractivity contribution in [1.82, 2.24) is 5.32 Å². The zero-order valence-electron chi connectivity index (χ0n) is 9.67. The van der Waals surface area contributed by atoms with Gasteiger partial charge in [0.05, 0.1) is 12.7 Å². The van der Waals surface area contributed by atoms with E-state index in [1.807, 2.05) is 0 Å². The highest BCUT2D eigenvalue weighted by Crippen LogP contribution is 2.31. The molecule has 6 heteroatoms. The molecule has 1 aromatic carbocycles. The van der Waals surface area contributed by atoms with Gasteiger partial charge in [0.2, 0.25) is 0 Å².